The average Bonchev–Trinajstić information content (AvgIpc) is 2.89. The first-order valence-corrected chi connectivity index (χ1v) is 12.5. The maximum absolute atomic E-state index is 13.2. The molecule has 1 fully saturated rings. The van der Waals surface area contributed by atoms with Gasteiger partial charge in [-0.25, -0.2) is 0 Å². The minimum atomic E-state index is -4.36. The Morgan fingerprint density at radius 2 is 1.61 bits per heavy atom. The lowest BCUT2D eigenvalue weighted by atomic mass is 9.75. The molecule has 1 N–H and O–H groups in total. The average molecular weight is 496 g/mol. The molecule has 0 aromatic heterocycles. The van der Waals surface area contributed by atoms with Crippen LogP contribution in [0.2, 0.25) is 0 Å². The molecule has 0 unspecified atom stereocenters. The number of benzene rings is 3. The molecule has 3 aromatic carbocycles. The Labute approximate surface area is 210 Å². The van der Waals surface area contributed by atoms with Gasteiger partial charge in [-0.1, -0.05) is 79.6 Å². The van der Waals surface area contributed by atoms with Gasteiger partial charge in [0.05, 0.1) is 24.8 Å². The van der Waals surface area contributed by atoms with E-state index in [0.29, 0.717) is 12.2 Å². The van der Waals surface area contributed by atoms with E-state index in [9.17, 15) is 18.0 Å². The van der Waals surface area contributed by atoms with Gasteiger partial charge in [0.2, 0.25) is 5.91 Å². The lowest BCUT2D eigenvalue weighted by Crippen LogP contribution is -2.37. The molecule has 0 aliphatic heterocycles. The van der Waals surface area contributed by atoms with E-state index in [2.05, 4.69) is 17.4 Å². The summed E-state index contributed by atoms with van der Waals surface area (Å²) in [5, 5.41) is 3.20. The van der Waals surface area contributed by atoms with Crippen LogP contribution in [0.5, 0.6) is 0 Å². The fourth-order valence-corrected chi connectivity index (χ4v) is 4.97. The minimum absolute atomic E-state index is 0.0439. The van der Waals surface area contributed by atoms with Gasteiger partial charge in [0.1, 0.15) is 0 Å². The van der Waals surface area contributed by atoms with Gasteiger partial charge in [0.25, 0.3) is 0 Å². The summed E-state index contributed by atoms with van der Waals surface area (Å²) in [6.07, 6.45) is -0.358. The molecular formula is C30H32F3NO2. The zero-order valence-electron chi connectivity index (χ0n) is 20.4. The minimum Gasteiger partial charge on any atom is -0.372 e. The fraction of sp³-hybridized carbons (Fsp3) is 0.367. The number of hydrogen-bond donors (Lipinski definition) is 1. The zero-order valence-corrected chi connectivity index (χ0v) is 20.4. The largest absolute Gasteiger partial charge is 0.416 e. The molecule has 0 bridgehead atoms. The Balaban J connectivity index is 1.34. The molecule has 1 aliphatic carbocycles. The van der Waals surface area contributed by atoms with Crippen molar-refractivity contribution >= 4 is 5.91 Å². The second kappa shape index (κ2) is 11.7. The Morgan fingerprint density at radius 3 is 2.33 bits per heavy atom. The first-order chi connectivity index (χ1) is 17.3. The van der Waals surface area contributed by atoms with E-state index < -0.39 is 11.7 Å². The lowest BCUT2D eigenvalue weighted by Gasteiger charge is -2.32. The fourth-order valence-electron chi connectivity index (χ4n) is 4.97. The predicted octanol–water partition coefficient (Wildman–Crippen LogP) is 7.57. The molecule has 1 amide bonds. The van der Waals surface area contributed by atoms with Crippen molar-refractivity contribution in [3.63, 3.8) is 0 Å². The number of halogens is 3. The Morgan fingerprint density at radius 1 is 0.917 bits per heavy atom. The molecule has 6 heteroatoms. The highest BCUT2D eigenvalue weighted by molar-refractivity contribution is 5.80. The van der Waals surface area contributed by atoms with Gasteiger partial charge in [-0.05, 0) is 60.1 Å². The molecule has 0 heterocycles. The zero-order chi connectivity index (χ0) is 25.5. The SMILES string of the molecule is C[C@H](NC(=O)[C@H]1CCCC[C@@H]1c1ccc(COCc2cccc(C(F)(F)F)c2)cc1)c1ccccc1. The monoisotopic (exact) mass is 495 g/mol. The van der Waals surface area contributed by atoms with Crippen LogP contribution in [0.25, 0.3) is 0 Å². The molecule has 4 rings (SSSR count). The van der Waals surface area contributed by atoms with Crippen LogP contribution in [0.1, 0.15) is 72.4 Å². The van der Waals surface area contributed by atoms with Gasteiger partial charge in [-0.15, -0.1) is 0 Å². The van der Waals surface area contributed by atoms with Crippen molar-refractivity contribution in [2.45, 2.75) is 64.0 Å². The molecule has 3 nitrogen and oxygen atoms in total. The number of nitrogens with one attached hydrogen (secondary N) is 1. The van der Waals surface area contributed by atoms with Crippen molar-refractivity contribution in [3.05, 3.63) is 107 Å². The van der Waals surface area contributed by atoms with Crippen LogP contribution in [0.4, 0.5) is 13.2 Å². The van der Waals surface area contributed by atoms with E-state index in [0.717, 1.165) is 54.5 Å². The number of ether oxygens (including phenoxy) is 1. The molecule has 190 valence electrons. The summed E-state index contributed by atoms with van der Waals surface area (Å²) < 4.78 is 44.4. The third kappa shape index (κ3) is 6.76. The Bertz CT molecular complexity index is 1130. The van der Waals surface area contributed by atoms with Gasteiger partial charge < -0.3 is 10.1 Å². The van der Waals surface area contributed by atoms with Gasteiger partial charge in [0, 0.05) is 5.92 Å². The van der Waals surface area contributed by atoms with Crippen LogP contribution in [-0.2, 0) is 28.9 Å². The second-order valence-corrected chi connectivity index (χ2v) is 9.57. The summed E-state index contributed by atoms with van der Waals surface area (Å²) in [7, 11) is 0. The van der Waals surface area contributed by atoms with E-state index in [-0.39, 0.29) is 30.4 Å². The molecule has 1 saturated carbocycles. The van der Waals surface area contributed by atoms with E-state index >= 15 is 0 Å². The number of hydrogen-bond acceptors (Lipinski definition) is 2. The Kier molecular flexibility index (Phi) is 8.47. The second-order valence-electron chi connectivity index (χ2n) is 9.57. The van der Waals surface area contributed by atoms with Crippen LogP contribution in [0, 0.1) is 5.92 Å². The topological polar surface area (TPSA) is 38.3 Å². The van der Waals surface area contributed by atoms with Crippen LogP contribution in [0.15, 0.2) is 78.9 Å². The van der Waals surface area contributed by atoms with E-state index in [1.807, 2.05) is 49.4 Å². The highest BCUT2D eigenvalue weighted by atomic mass is 19.4. The summed E-state index contributed by atoms with van der Waals surface area (Å²) in [6.45, 7) is 2.43. The van der Waals surface area contributed by atoms with Crippen molar-refractivity contribution in [1.82, 2.24) is 5.32 Å². The van der Waals surface area contributed by atoms with Crippen molar-refractivity contribution in [3.8, 4) is 0 Å². The number of rotatable bonds is 8. The quantitative estimate of drug-likeness (QED) is 0.350. The highest BCUT2D eigenvalue weighted by Crippen LogP contribution is 2.38. The maximum atomic E-state index is 13.2. The highest BCUT2D eigenvalue weighted by Gasteiger charge is 2.33. The molecule has 0 spiro atoms. The molecule has 36 heavy (non-hydrogen) atoms. The number of carbonyl (C=O) groups excluding carboxylic acids is 1. The normalized spacial score (nSPS) is 19.0. The summed E-state index contributed by atoms with van der Waals surface area (Å²) >= 11 is 0. The third-order valence-electron chi connectivity index (χ3n) is 6.96. The van der Waals surface area contributed by atoms with Crippen molar-refractivity contribution in [2.24, 2.45) is 5.92 Å². The molecule has 0 saturated heterocycles. The van der Waals surface area contributed by atoms with Crippen LogP contribution in [0.3, 0.4) is 0 Å². The molecule has 0 radical (unpaired) electrons. The molecular weight excluding hydrogens is 463 g/mol. The van der Waals surface area contributed by atoms with Crippen LogP contribution >= 0.6 is 0 Å². The Hall–Kier alpha value is -3.12. The van der Waals surface area contributed by atoms with Gasteiger partial charge >= 0.3 is 6.18 Å². The number of amides is 1. The first-order valence-electron chi connectivity index (χ1n) is 12.5. The van der Waals surface area contributed by atoms with Gasteiger partial charge in [0.15, 0.2) is 0 Å². The molecule has 1 aliphatic rings. The van der Waals surface area contributed by atoms with E-state index in [1.165, 1.54) is 6.07 Å². The summed E-state index contributed by atoms with van der Waals surface area (Å²) in [5.41, 5.74) is 3.00. The van der Waals surface area contributed by atoms with Gasteiger partial charge in [-0.2, -0.15) is 13.2 Å². The summed E-state index contributed by atoms with van der Waals surface area (Å²) in [5.74, 6) is 0.208. The molecule has 3 aromatic rings. The van der Waals surface area contributed by atoms with Crippen molar-refractivity contribution in [1.29, 1.82) is 0 Å². The third-order valence-corrected chi connectivity index (χ3v) is 6.96. The summed E-state index contributed by atoms with van der Waals surface area (Å²) in [6, 6.07) is 23.2. The van der Waals surface area contributed by atoms with E-state index in [1.54, 1.807) is 6.07 Å². The smallest absolute Gasteiger partial charge is 0.372 e. The standard InChI is InChI=1S/C30H32F3NO2/c1-21(24-9-3-2-4-10-24)34-29(35)28-13-6-5-12-27(28)25-16-14-22(15-17-25)19-36-20-23-8-7-11-26(18-23)30(31,32)33/h2-4,7-11,14-18,21,27-28H,5-6,12-13,19-20H2,1H3,(H,34,35)/t21-,27+,28-/m0/s1. The van der Waals surface area contributed by atoms with E-state index in [4.69, 9.17) is 4.74 Å². The van der Waals surface area contributed by atoms with Crippen LogP contribution < -0.4 is 5.32 Å². The van der Waals surface area contributed by atoms with Crippen LogP contribution in [-0.4, -0.2) is 5.91 Å². The van der Waals surface area contributed by atoms with Crippen molar-refractivity contribution in [2.75, 3.05) is 0 Å². The first kappa shape index (κ1) is 26.0. The van der Waals surface area contributed by atoms with Gasteiger partial charge in [-0.3, -0.25) is 4.79 Å². The lowest BCUT2D eigenvalue weighted by molar-refractivity contribution is -0.137. The predicted molar refractivity (Wildman–Crippen MR) is 134 cm³/mol. The molecule has 3 atom stereocenters. The van der Waals surface area contributed by atoms with Crippen molar-refractivity contribution < 1.29 is 22.7 Å². The number of carbonyl (C=O) groups is 1. The maximum Gasteiger partial charge on any atom is 0.416 e. The number of alkyl halides is 3. The summed E-state index contributed by atoms with van der Waals surface area (Å²) in [4.78, 5) is 13.2.